The first-order chi connectivity index (χ1) is 9.41. The van der Waals surface area contributed by atoms with Crippen LogP contribution in [-0.2, 0) is 9.47 Å². The van der Waals surface area contributed by atoms with Crippen molar-refractivity contribution < 1.29 is 14.6 Å². The fourth-order valence-electron chi connectivity index (χ4n) is 3.61. The molecular weight excluding hydrogens is 254 g/mol. The van der Waals surface area contributed by atoms with Crippen molar-refractivity contribution in [1.82, 2.24) is 5.32 Å². The maximum atomic E-state index is 10.4. The molecule has 0 saturated carbocycles. The monoisotopic (exact) mass is 285 g/mol. The van der Waals surface area contributed by atoms with Gasteiger partial charge in [0.25, 0.3) is 0 Å². The summed E-state index contributed by atoms with van der Waals surface area (Å²) in [7, 11) is 0. The first-order valence-electron chi connectivity index (χ1n) is 8.08. The molecular formula is C16H31NO3. The molecule has 4 heteroatoms. The molecule has 0 bridgehead atoms. The van der Waals surface area contributed by atoms with E-state index in [1.807, 2.05) is 6.92 Å². The van der Waals surface area contributed by atoms with Gasteiger partial charge < -0.3 is 19.9 Å². The zero-order valence-electron chi connectivity index (χ0n) is 13.3. The summed E-state index contributed by atoms with van der Waals surface area (Å²) in [5, 5.41) is 14.0. The summed E-state index contributed by atoms with van der Waals surface area (Å²) in [6.07, 6.45) is 4.94. The molecule has 4 nitrogen and oxygen atoms in total. The summed E-state index contributed by atoms with van der Waals surface area (Å²) in [6, 6.07) is 0.459. The van der Waals surface area contributed by atoms with Crippen LogP contribution in [-0.4, -0.2) is 48.7 Å². The molecule has 0 aliphatic carbocycles. The van der Waals surface area contributed by atoms with Crippen molar-refractivity contribution in [1.29, 1.82) is 0 Å². The molecule has 2 unspecified atom stereocenters. The normalized spacial score (nSPS) is 29.6. The predicted octanol–water partition coefficient (Wildman–Crippen LogP) is 2.10. The van der Waals surface area contributed by atoms with Crippen LogP contribution in [0.2, 0.25) is 0 Å². The van der Waals surface area contributed by atoms with Gasteiger partial charge in [0.1, 0.15) is 0 Å². The van der Waals surface area contributed by atoms with Gasteiger partial charge in [0, 0.05) is 32.4 Å². The molecule has 1 spiro atoms. The van der Waals surface area contributed by atoms with Crippen LogP contribution in [0.5, 0.6) is 0 Å². The van der Waals surface area contributed by atoms with Crippen molar-refractivity contribution >= 4 is 0 Å². The summed E-state index contributed by atoms with van der Waals surface area (Å²) in [4.78, 5) is 0. The quantitative estimate of drug-likeness (QED) is 0.812. The molecule has 2 aliphatic heterocycles. The van der Waals surface area contributed by atoms with Gasteiger partial charge in [-0.3, -0.25) is 0 Å². The standard InChI is InChI=1S/C16H31NO3/c1-13(2)10-15(3,18)12-17-14-4-7-20-16(11-14)5-8-19-9-6-16/h13-14,17-18H,4-12H2,1-3H3. The second-order valence-corrected chi connectivity index (χ2v) is 7.31. The maximum absolute atomic E-state index is 10.4. The van der Waals surface area contributed by atoms with E-state index in [9.17, 15) is 5.11 Å². The zero-order chi connectivity index (χ0) is 14.6. The van der Waals surface area contributed by atoms with Crippen LogP contribution in [0, 0.1) is 5.92 Å². The van der Waals surface area contributed by atoms with Crippen LogP contribution < -0.4 is 5.32 Å². The lowest BCUT2D eigenvalue weighted by Crippen LogP contribution is -2.52. The molecule has 0 aromatic carbocycles. The van der Waals surface area contributed by atoms with E-state index in [0.29, 0.717) is 18.5 Å². The van der Waals surface area contributed by atoms with Gasteiger partial charge in [-0.15, -0.1) is 0 Å². The van der Waals surface area contributed by atoms with E-state index >= 15 is 0 Å². The Balaban J connectivity index is 1.81. The Bertz CT molecular complexity index is 293. The van der Waals surface area contributed by atoms with Gasteiger partial charge in [-0.2, -0.15) is 0 Å². The van der Waals surface area contributed by atoms with Gasteiger partial charge in [-0.05, 0) is 44.9 Å². The smallest absolute Gasteiger partial charge is 0.0746 e. The van der Waals surface area contributed by atoms with Gasteiger partial charge >= 0.3 is 0 Å². The van der Waals surface area contributed by atoms with Crippen LogP contribution in [0.25, 0.3) is 0 Å². The lowest BCUT2D eigenvalue weighted by molar-refractivity contribution is -0.141. The summed E-state index contributed by atoms with van der Waals surface area (Å²) in [5.74, 6) is 0.517. The first-order valence-corrected chi connectivity index (χ1v) is 8.08. The van der Waals surface area contributed by atoms with Crippen LogP contribution in [0.1, 0.15) is 52.9 Å². The van der Waals surface area contributed by atoms with Crippen molar-refractivity contribution in [3.63, 3.8) is 0 Å². The molecule has 118 valence electrons. The predicted molar refractivity (Wildman–Crippen MR) is 79.8 cm³/mol. The number of ether oxygens (including phenoxy) is 2. The molecule has 2 rings (SSSR count). The zero-order valence-corrected chi connectivity index (χ0v) is 13.3. The summed E-state index contributed by atoms with van der Waals surface area (Å²) >= 11 is 0. The Morgan fingerprint density at radius 3 is 2.65 bits per heavy atom. The van der Waals surface area contributed by atoms with E-state index in [0.717, 1.165) is 51.9 Å². The Labute approximate surface area is 123 Å². The van der Waals surface area contributed by atoms with Crippen LogP contribution >= 0.6 is 0 Å². The van der Waals surface area contributed by atoms with E-state index < -0.39 is 5.60 Å². The second kappa shape index (κ2) is 6.73. The highest BCUT2D eigenvalue weighted by atomic mass is 16.5. The average Bonchev–Trinajstić information content (AvgIpc) is 2.36. The van der Waals surface area contributed by atoms with E-state index in [1.54, 1.807) is 0 Å². The summed E-state index contributed by atoms with van der Waals surface area (Å²) in [6.45, 7) is 9.37. The third kappa shape index (κ3) is 4.69. The fraction of sp³-hybridized carbons (Fsp3) is 1.00. The number of hydrogen-bond donors (Lipinski definition) is 2. The number of rotatable bonds is 5. The van der Waals surface area contributed by atoms with Crippen molar-refractivity contribution in [2.24, 2.45) is 5.92 Å². The molecule has 2 fully saturated rings. The Morgan fingerprint density at radius 1 is 1.30 bits per heavy atom. The molecule has 0 aromatic heterocycles. The molecule has 0 amide bonds. The van der Waals surface area contributed by atoms with Gasteiger partial charge in [0.2, 0.25) is 0 Å². The van der Waals surface area contributed by atoms with E-state index in [1.165, 1.54) is 0 Å². The Morgan fingerprint density at radius 2 is 2.00 bits per heavy atom. The number of aliphatic hydroxyl groups is 1. The number of hydrogen-bond acceptors (Lipinski definition) is 4. The largest absolute Gasteiger partial charge is 0.389 e. The van der Waals surface area contributed by atoms with Gasteiger partial charge in [0.15, 0.2) is 0 Å². The van der Waals surface area contributed by atoms with Crippen molar-refractivity contribution in [3.05, 3.63) is 0 Å². The highest BCUT2D eigenvalue weighted by molar-refractivity contribution is 4.92. The summed E-state index contributed by atoms with van der Waals surface area (Å²) < 4.78 is 11.5. The average molecular weight is 285 g/mol. The minimum absolute atomic E-state index is 0.0259. The highest BCUT2D eigenvalue weighted by Crippen LogP contribution is 2.34. The van der Waals surface area contributed by atoms with Gasteiger partial charge in [0.05, 0.1) is 11.2 Å². The molecule has 2 atom stereocenters. The summed E-state index contributed by atoms with van der Waals surface area (Å²) in [5.41, 5.74) is -0.590. The molecule has 20 heavy (non-hydrogen) atoms. The molecule has 0 aromatic rings. The lowest BCUT2D eigenvalue weighted by atomic mass is 9.83. The minimum atomic E-state index is -0.616. The highest BCUT2D eigenvalue weighted by Gasteiger charge is 2.39. The third-order valence-corrected chi connectivity index (χ3v) is 4.52. The molecule has 2 N–H and O–H groups in total. The Kier molecular flexibility index (Phi) is 5.46. The maximum Gasteiger partial charge on any atom is 0.0746 e. The Hall–Kier alpha value is -0.160. The topological polar surface area (TPSA) is 50.7 Å². The van der Waals surface area contributed by atoms with E-state index in [4.69, 9.17) is 9.47 Å². The first kappa shape index (κ1) is 16.2. The van der Waals surface area contributed by atoms with Crippen molar-refractivity contribution in [2.45, 2.75) is 70.1 Å². The molecule has 2 aliphatic rings. The van der Waals surface area contributed by atoms with Crippen LogP contribution in [0.4, 0.5) is 0 Å². The fourth-order valence-corrected chi connectivity index (χ4v) is 3.61. The van der Waals surface area contributed by atoms with Gasteiger partial charge in [-0.1, -0.05) is 13.8 Å². The van der Waals surface area contributed by atoms with Crippen LogP contribution in [0.3, 0.4) is 0 Å². The molecule has 0 radical (unpaired) electrons. The van der Waals surface area contributed by atoms with E-state index in [-0.39, 0.29) is 5.60 Å². The number of nitrogens with one attached hydrogen (secondary N) is 1. The minimum Gasteiger partial charge on any atom is -0.389 e. The van der Waals surface area contributed by atoms with E-state index in [2.05, 4.69) is 19.2 Å². The van der Waals surface area contributed by atoms with Crippen molar-refractivity contribution in [2.75, 3.05) is 26.4 Å². The second-order valence-electron chi connectivity index (χ2n) is 7.31. The molecule has 2 saturated heterocycles. The SMILES string of the molecule is CC(C)CC(C)(O)CNC1CCOC2(CCOCC2)C1. The van der Waals surface area contributed by atoms with Crippen molar-refractivity contribution in [3.8, 4) is 0 Å². The van der Waals surface area contributed by atoms with Crippen LogP contribution in [0.15, 0.2) is 0 Å². The molecule has 2 heterocycles. The van der Waals surface area contributed by atoms with Gasteiger partial charge in [-0.25, -0.2) is 0 Å². The lowest BCUT2D eigenvalue weighted by Gasteiger charge is -2.44. The third-order valence-electron chi connectivity index (χ3n) is 4.52.